The van der Waals surface area contributed by atoms with Gasteiger partial charge in [-0.15, -0.1) is 0 Å². The Hall–Kier alpha value is -3.03. The van der Waals surface area contributed by atoms with Gasteiger partial charge in [0.05, 0.1) is 13.2 Å². The van der Waals surface area contributed by atoms with E-state index in [4.69, 9.17) is 0 Å². The molecule has 0 atom stereocenters. The van der Waals surface area contributed by atoms with Crippen LogP contribution in [0.5, 0.6) is 0 Å². The van der Waals surface area contributed by atoms with Gasteiger partial charge in [0.15, 0.2) is 0 Å². The number of aryl methyl sites for hydroxylation is 1. The molecule has 8 nitrogen and oxygen atoms in total. The smallest absolute Gasteiger partial charge is 0.407 e. The average molecular weight is 369 g/mol. The van der Waals surface area contributed by atoms with Crippen molar-refractivity contribution in [2.45, 2.75) is 24.9 Å². The van der Waals surface area contributed by atoms with Crippen molar-refractivity contribution in [1.29, 1.82) is 0 Å². The van der Waals surface area contributed by atoms with Gasteiger partial charge in [0, 0.05) is 38.2 Å². The topological polar surface area (TPSA) is 81.9 Å². The van der Waals surface area contributed by atoms with Gasteiger partial charge in [-0.25, -0.2) is 9.78 Å². The van der Waals surface area contributed by atoms with Crippen molar-refractivity contribution >= 4 is 17.7 Å². The minimum atomic E-state index is -0.925. The van der Waals surface area contributed by atoms with Crippen LogP contribution in [0.3, 0.4) is 0 Å². The van der Waals surface area contributed by atoms with Gasteiger partial charge in [-0.1, -0.05) is 18.2 Å². The van der Waals surface area contributed by atoms with Crippen LogP contribution >= 0.6 is 0 Å². The number of piperidine rings is 1. The van der Waals surface area contributed by atoms with Crippen molar-refractivity contribution < 1.29 is 14.7 Å². The van der Waals surface area contributed by atoms with E-state index in [2.05, 4.69) is 9.88 Å². The molecule has 1 N–H and O–H groups in total. The Kier molecular flexibility index (Phi) is 4.25. The van der Waals surface area contributed by atoms with Crippen molar-refractivity contribution in [2.75, 3.05) is 24.7 Å². The molecule has 2 amide bonds. The van der Waals surface area contributed by atoms with Gasteiger partial charge in [-0.2, -0.15) is 0 Å². The van der Waals surface area contributed by atoms with E-state index in [-0.39, 0.29) is 5.91 Å². The van der Waals surface area contributed by atoms with Gasteiger partial charge < -0.3 is 24.4 Å². The predicted molar refractivity (Wildman–Crippen MR) is 99.1 cm³/mol. The predicted octanol–water partition coefficient (Wildman–Crippen LogP) is 1.74. The molecule has 8 heteroatoms. The molecule has 0 unspecified atom stereocenters. The highest BCUT2D eigenvalue weighted by atomic mass is 16.4. The Bertz CT molecular complexity index is 842. The number of aromatic nitrogens is 2. The van der Waals surface area contributed by atoms with E-state index in [9.17, 15) is 14.7 Å². The molecule has 2 aliphatic heterocycles. The largest absolute Gasteiger partial charge is 0.465 e. The van der Waals surface area contributed by atoms with Gasteiger partial charge in [-0.3, -0.25) is 4.79 Å². The Morgan fingerprint density at radius 3 is 2.52 bits per heavy atom. The summed E-state index contributed by atoms with van der Waals surface area (Å²) >= 11 is 0. The van der Waals surface area contributed by atoms with Gasteiger partial charge in [0.1, 0.15) is 11.4 Å². The first-order chi connectivity index (χ1) is 13.0. The molecule has 0 saturated carbocycles. The number of anilines is 1. The second kappa shape index (κ2) is 6.61. The number of nitrogens with zero attached hydrogens (tertiary/aromatic N) is 5. The van der Waals surface area contributed by atoms with Crippen molar-refractivity contribution in [3.05, 3.63) is 48.5 Å². The van der Waals surface area contributed by atoms with Crippen LogP contribution in [0.25, 0.3) is 0 Å². The summed E-state index contributed by atoms with van der Waals surface area (Å²) in [5.41, 5.74) is 0.287. The summed E-state index contributed by atoms with van der Waals surface area (Å²) in [4.78, 5) is 34.5. The zero-order valence-corrected chi connectivity index (χ0v) is 15.3. The number of para-hydroxylation sites is 1. The molecule has 0 radical (unpaired) electrons. The molecule has 0 aliphatic carbocycles. The number of benzene rings is 1. The lowest BCUT2D eigenvalue weighted by atomic mass is 9.85. The van der Waals surface area contributed by atoms with E-state index in [0.717, 1.165) is 11.5 Å². The number of rotatable bonds is 3. The fourth-order valence-electron chi connectivity index (χ4n) is 4.11. The summed E-state index contributed by atoms with van der Waals surface area (Å²) in [6.07, 6.45) is 3.65. The molecule has 1 aromatic carbocycles. The maximum absolute atomic E-state index is 13.5. The molecular formula is C19H23N5O3. The molecule has 0 bridgehead atoms. The quantitative estimate of drug-likeness (QED) is 0.891. The number of hydrogen-bond acceptors (Lipinski definition) is 4. The van der Waals surface area contributed by atoms with E-state index in [1.165, 1.54) is 4.90 Å². The molecule has 2 aromatic rings. The van der Waals surface area contributed by atoms with Crippen LogP contribution in [0.4, 0.5) is 10.5 Å². The number of hydrogen-bond donors (Lipinski definition) is 1. The van der Waals surface area contributed by atoms with Gasteiger partial charge >= 0.3 is 6.09 Å². The first kappa shape index (κ1) is 17.4. The van der Waals surface area contributed by atoms with E-state index in [1.807, 2.05) is 53.0 Å². The van der Waals surface area contributed by atoms with Crippen molar-refractivity contribution in [2.24, 2.45) is 7.05 Å². The molecule has 2 aliphatic rings. The Morgan fingerprint density at radius 2 is 1.93 bits per heavy atom. The fourth-order valence-corrected chi connectivity index (χ4v) is 4.11. The third kappa shape index (κ3) is 2.90. The second-order valence-corrected chi connectivity index (χ2v) is 7.16. The number of amides is 2. The highest BCUT2D eigenvalue weighted by Gasteiger charge is 2.54. The maximum atomic E-state index is 13.5. The lowest BCUT2D eigenvalue weighted by Gasteiger charge is -2.42. The zero-order valence-electron chi connectivity index (χ0n) is 15.3. The summed E-state index contributed by atoms with van der Waals surface area (Å²) in [7, 11) is 1.92. The van der Waals surface area contributed by atoms with Crippen LogP contribution in [-0.4, -0.2) is 61.8 Å². The molecular weight excluding hydrogens is 346 g/mol. The molecule has 3 heterocycles. The van der Waals surface area contributed by atoms with Gasteiger partial charge in [0.25, 0.3) is 0 Å². The number of carboxylic acid groups (broad SMARTS) is 1. The zero-order chi connectivity index (χ0) is 19.0. The lowest BCUT2D eigenvalue weighted by Crippen LogP contribution is -2.57. The molecule has 2 saturated heterocycles. The van der Waals surface area contributed by atoms with Crippen LogP contribution in [0, 0.1) is 0 Å². The Labute approximate surface area is 157 Å². The van der Waals surface area contributed by atoms with E-state index < -0.39 is 11.6 Å². The maximum Gasteiger partial charge on any atom is 0.407 e. The first-order valence-electron chi connectivity index (χ1n) is 9.07. The van der Waals surface area contributed by atoms with Crippen molar-refractivity contribution in [3.63, 3.8) is 0 Å². The normalized spacial score (nSPS) is 19.1. The van der Waals surface area contributed by atoms with Crippen LogP contribution < -0.4 is 4.90 Å². The summed E-state index contributed by atoms with van der Waals surface area (Å²) in [6, 6.07) is 9.88. The lowest BCUT2D eigenvalue weighted by molar-refractivity contribution is -0.134. The Morgan fingerprint density at radius 1 is 1.22 bits per heavy atom. The monoisotopic (exact) mass is 369 g/mol. The molecule has 1 spiro atoms. The highest BCUT2D eigenvalue weighted by molar-refractivity contribution is 5.93. The molecule has 1 aromatic heterocycles. The van der Waals surface area contributed by atoms with Crippen LogP contribution in [0.1, 0.15) is 18.7 Å². The Balaban J connectivity index is 1.65. The molecule has 2 fully saturated rings. The second-order valence-electron chi connectivity index (χ2n) is 7.16. The summed E-state index contributed by atoms with van der Waals surface area (Å²) in [6.45, 7) is 1.64. The van der Waals surface area contributed by atoms with E-state index in [1.54, 1.807) is 6.20 Å². The van der Waals surface area contributed by atoms with Crippen molar-refractivity contribution in [1.82, 2.24) is 19.4 Å². The average Bonchev–Trinajstić information content (AvgIpc) is 3.20. The molecule has 4 rings (SSSR count). The van der Waals surface area contributed by atoms with Gasteiger partial charge in [-0.05, 0) is 25.0 Å². The molecule has 142 valence electrons. The minimum Gasteiger partial charge on any atom is -0.465 e. The van der Waals surface area contributed by atoms with Crippen LogP contribution in [-0.2, 0) is 18.4 Å². The number of imidazole rings is 1. The van der Waals surface area contributed by atoms with Crippen LogP contribution in [0.2, 0.25) is 0 Å². The van der Waals surface area contributed by atoms with E-state index >= 15 is 0 Å². The standard InChI is InChI=1S/C19H23N5O3/c1-21-12-9-20-16(21)13-23-14-24(15-5-3-2-4-6-15)19(17(23)25)7-10-22(11-8-19)18(26)27/h2-6,9,12H,7-8,10-11,13-14H2,1H3,(H,26,27). The third-order valence-electron chi connectivity index (χ3n) is 5.70. The van der Waals surface area contributed by atoms with Gasteiger partial charge in [0.2, 0.25) is 5.91 Å². The number of carbonyl (C=O) groups is 2. The van der Waals surface area contributed by atoms with Crippen molar-refractivity contribution in [3.8, 4) is 0 Å². The number of likely N-dealkylation sites (tertiary alicyclic amines) is 1. The summed E-state index contributed by atoms with van der Waals surface area (Å²) < 4.78 is 1.91. The molecule has 27 heavy (non-hydrogen) atoms. The minimum absolute atomic E-state index is 0.0550. The first-order valence-corrected chi connectivity index (χ1v) is 9.07. The van der Waals surface area contributed by atoms with Crippen LogP contribution in [0.15, 0.2) is 42.7 Å². The number of carbonyl (C=O) groups excluding carboxylic acids is 1. The van der Waals surface area contributed by atoms with E-state index in [0.29, 0.717) is 39.1 Å². The summed E-state index contributed by atoms with van der Waals surface area (Å²) in [5.74, 6) is 0.885. The SMILES string of the molecule is Cn1ccnc1CN1CN(c2ccccc2)C2(CCN(C(=O)O)CC2)C1=O. The highest BCUT2D eigenvalue weighted by Crippen LogP contribution is 2.39. The third-order valence-corrected chi connectivity index (χ3v) is 5.70. The summed E-state index contributed by atoms with van der Waals surface area (Å²) in [5, 5.41) is 9.28. The fraction of sp³-hybridized carbons (Fsp3) is 0.421.